The third-order valence-corrected chi connectivity index (χ3v) is 4.43. The highest BCUT2D eigenvalue weighted by atomic mass is 35.5. The van der Waals surface area contributed by atoms with E-state index in [1.54, 1.807) is 28.8 Å². The summed E-state index contributed by atoms with van der Waals surface area (Å²) in [6.45, 7) is 0.635. The fourth-order valence-electron chi connectivity index (χ4n) is 2.95. The van der Waals surface area contributed by atoms with Crippen LogP contribution in [0.4, 0.5) is 4.79 Å². The van der Waals surface area contributed by atoms with Gasteiger partial charge in [-0.25, -0.2) is 4.79 Å². The molecule has 3 N–H and O–H groups in total. The van der Waals surface area contributed by atoms with Gasteiger partial charge in [-0.15, -0.1) is 0 Å². The predicted molar refractivity (Wildman–Crippen MR) is 86.5 cm³/mol. The van der Waals surface area contributed by atoms with Crippen molar-refractivity contribution in [1.82, 2.24) is 9.47 Å². The van der Waals surface area contributed by atoms with Crippen molar-refractivity contribution < 1.29 is 14.7 Å². The summed E-state index contributed by atoms with van der Waals surface area (Å²) in [5.74, 6) is -0.685. The van der Waals surface area contributed by atoms with Crippen LogP contribution in [-0.4, -0.2) is 33.1 Å². The molecule has 0 saturated heterocycles. The molecule has 0 bridgehead atoms. The fraction of sp³-hybridized carbons (Fsp3) is 0.188. The molecule has 0 aliphatic carbocycles. The number of nitriles is 1. The van der Waals surface area contributed by atoms with Crippen LogP contribution in [0.1, 0.15) is 21.6 Å². The van der Waals surface area contributed by atoms with Gasteiger partial charge in [-0.1, -0.05) is 23.7 Å². The average molecular weight is 345 g/mol. The molecule has 1 aliphatic heterocycles. The number of amides is 2. The average Bonchev–Trinajstić information content (AvgIpc) is 2.87. The molecule has 0 atom stereocenters. The highest BCUT2D eigenvalue weighted by Gasteiger charge is 2.31. The summed E-state index contributed by atoms with van der Waals surface area (Å²) < 4.78 is 1.70. The zero-order valence-corrected chi connectivity index (χ0v) is 13.2. The molecule has 7 nitrogen and oxygen atoms in total. The molecule has 1 aliphatic rings. The molecule has 1 aromatic carbocycles. The van der Waals surface area contributed by atoms with Crippen LogP contribution >= 0.6 is 11.6 Å². The van der Waals surface area contributed by atoms with Crippen molar-refractivity contribution in [2.75, 3.05) is 6.54 Å². The Balaban J connectivity index is 2.23. The van der Waals surface area contributed by atoms with Gasteiger partial charge in [0.2, 0.25) is 0 Å². The zero-order chi connectivity index (χ0) is 17.4. The van der Waals surface area contributed by atoms with Crippen molar-refractivity contribution in [2.45, 2.75) is 13.1 Å². The topological polar surface area (TPSA) is 112 Å². The first kappa shape index (κ1) is 15.9. The first-order chi connectivity index (χ1) is 11.4. The lowest BCUT2D eigenvalue weighted by atomic mass is 10.0. The van der Waals surface area contributed by atoms with E-state index in [0.717, 1.165) is 0 Å². The van der Waals surface area contributed by atoms with Crippen LogP contribution in [0, 0.1) is 11.3 Å². The van der Waals surface area contributed by atoms with Gasteiger partial charge in [0.1, 0.15) is 5.15 Å². The van der Waals surface area contributed by atoms with Crippen molar-refractivity contribution in [3.8, 4) is 17.2 Å². The van der Waals surface area contributed by atoms with Crippen LogP contribution in [0.25, 0.3) is 11.1 Å². The number of halogens is 1. The number of fused-ring (bicyclic) bond motifs is 1. The Morgan fingerprint density at radius 2 is 2.08 bits per heavy atom. The number of benzene rings is 1. The molecule has 0 radical (unpaired) electrons. The molecule has 2 heterocycles. The maximum Gasteiger partial charge on any atom is 0.407 e. The molecule has 122 valence electrons. The van der Waals surface area contributed by atoms with Gasteiger partial charge in [-0.05, 0) is 17.7 Å². The number of nitrogens with two attached hydrogens (primary N) is 1. The van der Waals surface area contributed by atoms with Gasteiger partial charge in [0.15, 0.2) is 0 Å². The van der Waals surface area contributed by atoms with E-state index in [0.29, 0.717) is 34.1 Å². The van der Waals surface area contributed by atoms with Gasteiger partial charge in [-0.3, -0.25) is 4.79 Å². The highest BCUT2D eigenvalue weighted by molar-refractivity contribution is 6.33. The number of rotatable bonds is 2. The van der Waals surface area contributed by atoms with Crippen molar-refractivity contribution in [3.05, 3.63) is 46.2 Å². The minimum Gasteiger partial charge on any atom is -0.465 e. The number of hydrogen-bond donors (Lipinski definition) is 2. The third-order valence-electron chi connectivity index (χ3n) is 4.04. The van der Waals surface area contributed by atoms with Crippen molar-refractivity contribution in [3.63, 3.8) is 0 Å². The maximum atomic E-state index is 12.0. The SMILES string of the molecule is N#Cc1cccc(-c2c(C(N)=O)c3n(c2Cl)CCN(C(=O)O)C3)c1. The monoisotopic (exact) mass is 344 g/mol. The molecule has 0 unspecified atom stereocenters. The molecule has 2 amide bonds. The second kappa shape index (κ2) is 5.91. The molecular weight excluding hydrogens is 332 g/mol. The normalized spacial score (nSPS) is 13.2. The summed E-state index contributed by atoms with van der Waals surface area (Å²) in [7, 11) is 0. The number of carbonyl (C=O) groups is 2. The Morgan fingerprint density at radius 1 is 1.33 bits per heavy atom. The molecule has 3 rings (SSSR count). The molecule has 0 spiro atoms. The van der Waals surface area contributed by atoms with E-state index in [1.807, 2.05) is 6.07 Å². The van der Waals surface area contributed by atoms with E-state index in [9.17, 15) is 14.7 Å². The van der Waals surface area contributed by atoms with E-state index in [-0.39, 0.29) is 18.7 Å². The van der Waals surface area contributed by atoms with Crippen molar-refractivity contribution >= 4 is 23.6 Å². The van der Waals surface area contributed by atoms with Crippen LogP contribution in [0.2, 0.25) is 5.15 Å². The van der Waals surface area contributed by atoms with E-state index < -0.39 is 12.0 Å². The fourth-order valence-corrected chi connectivity index (χ4v) is 3.34. The first-order valence-electron chi connectivity index (χ1n) is 7.13. The van der Waals surface area contributed by atoms with Crippen LogP contribution < -0.4 is 5.73 Å². The molecule has 1 aromatic heterocycles. The summed E-state index contributed by atoms with van der Waals surface area (Å²) in [6, 6.07) is 8.72. The molecule has 0 fully saturated rings. The third kappa shape index (κ3) is 2.47. The van der Waals surface area contributed by atoms with Gasteiger partial charge in [0, 0.05) is 18.7 Å². The zero-order valence-electron chi connectivity index (χ0n) is 12.5. The second-order valence-corrected chi connectivity index (χ2v) is 5.76. The van der Waals surface area contributed by atoms with Crippen LogP contribution in [0.15, 0.2) is 24.3 Å². The number of hydrogen-bond acceptors (Lipinski definition) is 3. The first-order valence-corrected chi connectivity index (χ1v) is 7.51. The Hall–Kier alpha value is -2.98. The Labute approximate surface area is 142 Å². The standard InChI is InChI=1S/C16H13ClN4O3/c17-14-12(10-3-1-2-9(6-10)7-18)13(15(19)22)11-8-20(16(23)24)4-5-21(11)14/h1-3,6H,4-5,8H2,(H2,19,22)(H,23,24). The summed E-state index contributed by atoms with van der Waals surface area (Å²) in [6.07, 6.45) is -1.07. The van der Waals surface area contributed by atoms with E-state index in [2.05, 4.69) is 0 Å². The summed E-state index contributed by atoms with van der Waals surface area (Å²) in [4.78, 5) is 24.5. The lowest BCUT2D eigenvalue weighted by molar-refractivity contribution is 0.0993. The molecular formula is C16H13ClN4O3. The number of aromatic nitrogens is 1. The summed E-state index contributed by atoms with van der Waals surface area (Å²) >= 11 is 6.46. The Bertz CT molecular complexity index is 897. The number of carbonyl (C=O) groups excluding carboxylic acids is 1. The quantitative estimate of drug-likeness (QED) is 0.870. The minimum atomic E-state index is -1.07. The largest absolute Gasteiger partial charge is 0.465 e. The van der Waals surface area contributed by atoms with Gasteiger partial charge in [0.25, 0.3) is 5.91 Å². The molecule has 0 saturated carbocycles. The van der Waals surface area contributed by atoms with E-state index in [4.69, 9.17) is 22.6 Å². The van der Waals surface area contributed by atoms with E-state index >= 15 is 0 Å². The van der Waals surface area contributed by atoms with Gasteiger partial charge >= 0.3 is 6.09 Å². The maximum absolute atomic E-state index is 12.0. The molecule has 8 heteroatoms. The van der Waals surface area contributed by atoms with Crippen LogP contribution in [-0.2, 0) is 13.1 Å². The lowest BCUT2D eigenvalue weighted by Crippen LogP contribution is -2.38. The number of carboxylic acid groups (broad SMARTS) is 1. The molecule has 24 heavy (non-hydrogen) atoms. The minimum absolute atomic E-state index is 0.0330. The van der Waals surface area contributed by atoms with Gasteiger partial charge in [-0.2, -0.15) is 5.26 Å². The van der Waals surface area contributed by atoms with Crippen molar-refractivity contribution in [1.29, 1.82) is 5.26 Å². The summed E-state index contributed by atoms with van der Waals surface area (Å²) in [5.41, 5.74) is 7.66. The smallest absolute Gasteiger partial charge is 0.407 e. The van der Waals surface area contributed by atoms with Crippen molar-refractivity contribution in [2.24, 2.45) is 5.73 Å². The van der Waals surface area contributed by atoms with Gasteiger partial charge < -0.3 is 20.3 Å². The number of nitrogens with zero attached hydrogens (tertiary/aromatic N) is 3. The number of primary amides is 1. The molecule has 2 aromatic rings. The summed E-state index contributed by atoms with van der Waals surface area (Å²) in [5, 5.41) is 18.6. The highest BCUT2D eigenvalue weighted by Crippen LogP contribution is 2.38. The Kier molecular flexibility index (Phi) is 3.91. The van der Waals surface area contributed by atoms with Crippen LogP contribution in [0.5, 0.6) is 0 Å². The Morgan fingerprint density at radius 3 is 2.71 bits per heavy atom. The second-order valence-electron chi connectivity index (χ2n) is 5.40. The predicted octanol–water partition coefficient (Wildman–Crippen LogP) is 2.27. The van der Waals surface area contributed by atoms with Gasteiger partial charge in [0.05, 0.1) is 29.4 Å². The van der Waals surface area contributed by atoms with E-state index in [1.165, 1.54) is 4.90 Å². The lowest BCUT2D eigenvalue weighted by Gasteiger charge is -2.27. The van der Waals surface area contributed by atoms with Crippen LogP contribution in [0.3, 0.4) is 0 Å².